The third kappa shape index (κ3) is 5.42. The van der Waals surface area contributed by atoms with E-state index >= 15 is 0 Å². The Labute approximate surface area is 161 Å². The van der Waals surface area contributed by atoms with Gasteiger partial charge < -0.3 is 4.74 Å². The molecule has 0 fully saturated rings. The van der Waals surface area contributed by atoms with E-state index in [9.17, 15) is 4.79 Å². The smallest absolute Gasteiger partial charge is 0.343 e. The lowest BCUT2D eigenvalue weighted by Crippen LogP contribution is -2.08. The van der Waals surface area contributed by atoms with Crippen LogP contribution in [0.3, 0.4) is 0 Å². The van der Waals surface area contributed by atoms with Crippen molar-refractivity contribution in [2.45, 2.75) is 26.7 Å². The molecule has 0 atom stereocenters. The fourth-order valence-electron chi connectivity index (χ4n) is 2.78. The molecule has 0 aliphatic carbocycles. The summed E-state index contributed by atoms with van der Waals surface area (Å²) in [7, 11) is 0. The molecule has 0 aromatic heterocycles. The lowest BCUT2D eigenvalue weighted by atomic mass is 10.1. The van der Waals surface area contributed by atoms with Crippen molar-refractivity contribution < 1.29 is 9.53 Å². The molecule has 3 rings (SSSR count). The Morgan fingerprint density at radius 3 is 1.93 bits per heavy atom. The van der Waals surface area contributed by atoms with Gasteiger partial charge in [0.1, 0.15) is 5.75 Å². The number of carbonyl (C=O) groups excluding carboxylic acids is 1. The Kier molecular flexibility index (Phi) is 6.22. The van der Waals surface area contributed by atoms with Crippen LogP contribution in [0.4, 0.5) is 0 Å². The predicted octanol–water partition coefficient (Wildman–Crippen LogP) is 6.34. The van der Waals surface area contributed by atoms with Crippen molar-refractivity contribution in [2.24, 2.45) is 0 Å². The Balaban J connectivity index is 1.62. The van der Waals surface area contributed by atoms with Crippen molar-refractivity contribution in [3.05, 3.63) is 101 Å². The second-order valence-corrected chi connectivity index (χ2v) is 6.65. The van der Waals surface area contributed by atoms with E-state index < -0.39 is 0 Å². The summed E-state index contributed by atoms with van der Waals surface area (Å²) >= 11 is 0. The predicted molar refractivity (Wildman–Crippen MR) is 112 cm³/mol. The van der Waals surface area contributed by atoms with E-state index in [2.05, 4.69) is 37.3 Å². The Morgan fingerprint density at radius 1 is 0.815 bits per heavy atom. The maximum absolute atomic E-state index is 12.2. The Hall–Kier alpha value is -3.13. The van der Waals surface area contributed by atoms with Crippen LogP contribution >= 0.6 is 0 Å². The van der Waals surface area contributed by atoms with Crippen molar-refractivity contribution in [1.82, 2.24) is 0 Å². The maximum atomic E-state index is 12.2. The van der Waals surface area contributed by atoms with Gasteiger partial charge in [-0.15, -0.1) is 0 Å². The molecule has 0 saturated carbocycles. The molecule has 2 nitrogen and oxygen atoms in total. The molecular weight excluding hydrogens is 332 g/mol. The molecule has 2 heteroatoms. The fraction of sp³-hybridized carbons (Fsp3) is 0.160. The lowest BCUT2D eigenvalue weighted by molar-refractivity contribution is 0.0734. The first-order valence-corrected chi connectivity index (χ1v) is 9.30. The van der Waals surface area contributed by atoms with Crippen LogP contribution in [0.2, 0.25) is 0 Å². The zero-order valence-corrected chi connectivity index (χ0v) is 15.8. The Morgan fingerprint density at radius 2 is 1.37 bits per heavy atom. The van der Waals surface area contributed by atoms with Gasteiger partial charge >= 0.3 is 5.97 Å². The van der Waals surface area contributed by atoms with E-state index in [1.807, 2.05) is 37.3 Å². The number of hydrogen-bond donors (Lipinski definition) is 0. The number of aryl methyl sites for hydroxylation is 2. The van der Waals surface area contributed by atoms with Crippen LogP contribution in [0.5, 0.6) is 5.75 Å². The summed E-state index contributed by atoms with van der Waals surface area (Å²) in [5.41, 5.74) is 5.24. The summed E-state index contributed by atoms with van der Waals surface area (Å²) in [6.45, 7) is 4.19. The van der Waals surface area contributed by atoms with Gasteiger partial charge in [-0.25, -0.2) is 4.79 Å². The minimum absolute atomic E-state index is 0.346. The minimum Gasteiger partial charge on any atom is -0.423 e. The van der Waals surface area contributed by atoms with Crippen LogP contribution in [-0.4, -0.2) is 5.97 Å². The molecule has 3 aromatic rings. The van der Waals surface area contributed by atoms with Gasteiger partial charge in [0.25, 0.3) is 0 Å². The zero-order valence-electron chi connectivity index (χ0n) is 15.8. The van der Waals surface area contributed by atoms with Gasteiger partial charge in [0, 0.05) is 0 Å². The summed E-state index contributed by atoms with van der Waals surface area (Å²) in [5, 5.41) is 0. The molecule has 0 spiro atoms. The molecule has 0 unspecified atom stereocenters. The number of benzene rings is 3. The molecule has 0 aliphatic heterocycles. The molecule has 0 amide bonds. The molecule has 0 saturated heterocycles. The quantitative estimate of drug-likeness (QED) is 0.293. The van der Waals surface area contributed by atoms with E-state index in [-0.39, 0.29) is 5.97 Å². The number of carbonyl (C=O) groups is 1. The minimum atomic E-state index is -0.346. The third-order valence-corrected chi connectivity index (χ3v) is 4.36. The number of rotatable bonds is 6. The molecule has 3 aromatic carbocycles. The second kappa shape index (κ2) is 9.00. The largest absolute Gasteiger partial charge is 0.423 e. The topological polar surface area (TPSA) is 26.3 Å². The standard InChI is InChI=1S/C25H24O2/c1-3-4-20-7-9-21(10-8-20)11-12-22-13-15-23(16-14-22)25(26)27-24-17-5-19(2)6-18-24/h5-18H,3-4H2,1-2H3/b12-11+. The summed E-state index contributed by atoms with van der Waals surface area (Å²) in [6, 6.07) is 23.5. The number of esters is 1. The zero-order chi connectivity index (χ0) is 19.1. The van der Waals surface area contributed by atoms with Gasteiger partial charge in [-0.05, 0) is 54.3 Å². The summed E-state index contributed by atoms with van der Waals surface area (Å²) in [5.74, 6) is 0.210. The van der Waals surface area contributed by atoms with Crippen molar-refractivity contribution >= 4 is 18.1 Å². The SMILES string of the molecule is CCCc1ccc(/C=C/c2ccc(C(=O)Oc3ccc(C)cc3)cc2)cc1. The second-order valence-electron chi connectivity index (χ2n) is 6.65. The number of hydrogen-bond acceptors (Lipinski definition) is 2. The summed E-state index contributed by atoms with van der Waals surface area (Å²) in [4.78, 5) is 12.2. The van der Waals surface area contributed by atoms with Crippen molar-refractivity contribution in [2.75, 3.05) is 0 Å². The van der Waals surface area contributed by atoms with Crippen LogP contribution in [0, 0.1) is 6.92 Å². The van der Waals surface area contributed by atoms with Gasteiger partial charge in [0.15, 0.2) is 0 Å². The average Bonchev–Trinajstić information content (AvgIpc) is 2.70. The molecule has 0 bridgehead atoms. The van der Waals surface area contributed by atoms with Gasteiger partial charge in [-0.2, -0.15) is 0 Å². The van der Waals surface area contributed by atoms with Crippen molar-refractivity contribution in [1.29, 1.82) is 0 Å². The van der Waals surface area contributed by atoms with E-state index in [0.29, 0.717) is 11.3 Å². The molecule has 0 aliphatic rings. The molecule has 136 valence electrons. The lowest BCUT2D eigenvalue weighted by Gasteiger charge is -2.05. The van der Waals surface area contributed by atoms with Crippen molar-refractivity contribution in [3.8, 4) is 5.75 Å². The highest BCUT2D eigenvalue weighted by atomic mass is 16.5. The first-order valence-electron chi connectivity index (χ1n) is 9.30. The molecule has 27 heavy (non-hydrogen) atoms. The highest BCUT2D eigenvalue weighted by Crippen LogP contribution is 2.15. The van der Waals surface area contributed by atoms with Gasteiger partial charge in [0.2, 0.25) is 0 Å². The molecule has 0 heterocycles. The van der Waals surface area contributed by atoms with Gasteiger partial charge in [-0.3, -0.25) is 0 Å². The molecular formula is C25H24O2. The van der Waals surface area contributed by atoms with Crippen LogP contribution in [-0.2, 0) is 6.42 Å². The van der Waals surface area contributed by atoms with E-state index in [0.717, 1.165) is 29.5 Å². The third-order valence-electron chi connectivity index (χ3n) is 4.36. The van der Waals surface area contributed by atoms with E-state index in [1.165, 1.54) is 5.56 Å². The van der Waals surface area contributed by atoms with Crippen LogP contribution in [0.1, 0.15) is 46.0 Å². The maximum Gasteiger partial charge on any atom is 0.343 e. The first kappa shape index (κ1) is 18.7. The highest BCUT2D eigenvalue weighted by Gasteiger charge is 2.08. The summed E-state index contributed by atoms with van der Waals surface area (Å²) < 4.78 is 5.40. The van der Waals surface area contributed by atoms with Gasteiger partial charge in [-0.1, -0.05) is 79.6 Å². The van der Waals surface area contributed by atoms with E-state index in [4.69, 9.17) is 4.74 Å². The van der Waals surface area contributed by atoms with Crippen LogP contribution in [0.25, 0.3) is 12.2 Å². The molecule has 0 radical (unpaired) electrons. The van der Waals surface area contributed by atoms with Gasteiger partial charge in [0.05, 0.1) is 5.56 Å². The van der Waals surface area contributed by atoms with Crippen LogP contribution in [0.15, 0.2) is 72.8 Å². The summed E-state index contributed by atoms with van der Waals surface area (Å²) in [6.07, 6.45) is 6.40. The number of ether oxygens (including phenoxy) is 1. The van der Waals surface area contributed by atoms with Crippen LogP contribution < -0.4 is 4.74 Å². The van der Waals surface area contributed by atoms with Crippen molar-refractivity contribution in [3.63, 3.8) is 0 Å². The highest BCUT2D eigenvalue weighted by molar-refractivity contribution is 5.91. The fourth-order valence-corrected chi connectivity index (χ4v) is 2.78. The normalized spacial score (nSPS) is 10.9. The molecule has 0 N–H and O–H groups in total. The average molecular weight is 356 g/mol. The van der Waals surface area contributed by atoms with E-state index in [1.54, 1.807) is 24.3 Å². The first-order chi connectivity index (χ1) is 13.1. The Bertz CT molecular complexity index is 902. The monoisotopic (exact) mass is 356 g/mol.